The smallest absolute Gasteiger partial charge is 0.271 e. The third-order valence-corrected chi connectivity index (χ3v) is 2.98. The first-order valence-electron chi connectivity index (χ1n) is 6.39. The van der Waals surface area contributed by atoms with E-state index in [1.54, 1.807) is 36.4 Å². The van der Waals surface area contributed by atoms with Gasteiger partial charge in [-0.25, -0.2) is 4.39 Å². The van der Waals surface area contributed by atoms with Gasteiger partial charge >= 0.3 is 0 Å². The zero-order valence-electron chi connectivity index (χ0n) is 11.3. The summed E-state index contributed by atoms with van der Waals surface area (Å²) in [5, 5.41) is 9.99. The lowest BCUT2D eigenvalue weighted by Gasteiger charge is -2.10. The number of para-hydroxylation sites is 2. The second-order valence-electron chi connectivity index (χ2n) is 4.41. The van der Waals surface area contributed by atoms with Gasteiger partial charge in [0, 0.05) is 5.56 Å². The van der Waals surface area contributed by atoms with Crippen LogP contribution in [0, 0.1) is 5.82 Å². The van der Waals surface area contributed by atoms with E-state index in [0.717, 1.165) is 0 Å². The number of primary amides is 1. The molecule has 0 radical (unpaired) electrons. The molecule has 3 rings (SSSR count). The Morgan fingerprint density at radius 2 is 1.73 bits per heavy atom. The summed E-state index contributed by atoms with van der Waals surface area (Å²) in [4.78, 5) is 11.4. The highest BCUT2D eigenvalue weighted by Crippen LogP contribution is 2.33. The van der Waals surface area contributed by atoms with Crippen LogP contribution in [0.3, 0.4) is 0 Å². The van der Waals surface area contributed by atoms with Crippen LogP contribution in [0.25, 0.3) is 11.3 Å². The maximum absolute atomic E-state index is 13.7. The van der Waals surface area contributed by atoms with Gasteiger partial charge in [0.15, 0.2) is 17.3 Å². The number of aromatic amines is 1. The van der Waals surface area contributed by atoms with Gasteiger partial charge in [0.2, 0.25) is 0 Å². The van der Waals surface area contributed by atoms with Gasteiger partial charge in [0.05, 0.1) is 0 Å². The van der Waals surface area contributed by atoms with Crippen molar-refractivity contribution in [2.45, 2.75) is 0 Å². The van der Waals surface area contributed by atoms with Crippen molar-refractivity contribution in [2.24, 2.45) is 5.73 Å². The number of carbonyl (C=O) groups is 1. The van der Waals surface area contributed by atoms with Crippen LogP contribution < -0.4 is 10.5 Å². The molecule has 1 amide bonds. The number of nitrogens with two attached hydrogens (primary N) is 1. The zero-order valence-corrected chi connectivity index (χ0v) is 11.3. The molecule has 0 aliphatic heterocycles. The minimum atomic E-state index is -0.718. The van der Waals surface area contributed by atoms with Crippen molar-refractivity contribution in [3.05, 3.63) is 60.0 Å². The predicted octanol–water partition coefficient (Wildman–Crippen LogP) is 2.50. The molecule has 0 fully saturated rings. The lowest BCUT2D eigenvalue weighted by atomic mass is 10.1. The van der Waals surface area contributed by atoms with Crippen LogP contribution in [0.5, 0.6) is 11.5 Å². The molecule has 7 heteroatoms. The minimum Gasteiger partial charge on any atom is -0.454 e. The SMILES string of the molecule is NC(=O)c1n[nH]nc1-c1ccccc1Oc1ccccc1F. The number of halogens is 1. The Morgan fingerprint density at radius 3 is 2.45 bits per heavy atom. The molecule has 1 heterocycles. The fraction of sp³-hybridized carbons (Fsp3) is 0. The highest BCUT2D eigenvalue weighted by Gasteiger charge is 2.19. The summed E-state index contributed by atoms with van der Waals surface area (Å²) in [7, 11) is 0. The maximum atomic E-state index is 13.7. The van der Waals surface area contributed by atoms with Crippen LogP contribution in [0.2, 0.25) is 0 Å². The number of rotatable bonds is 4. The number of ether oxygens (including phenoxy) is 1. The van der Waals surface area contributed by atoms with Crippen molar-refractivity contribution in [1.82, 2.24) is 15.4 Å². The van der Waals surface area contributed by atoms with E-state index in [1.165, 1.54) is 12.1 Å². The topological polar surface area (TPSA) is 93.9 Å². The van der Waals surface area contributed by atoms with Crippen molar-refractivity contribution >= 4 is 5.91 Å². The van der Waals surface area contributed by atoms with Crippen LogP contribution in [0.4, 0.5) is 4.39 Å². The molecule has 6 nitrogen and oxygen atoms in total. The molecule has 0 aliphatic carbocycles. The van der Waals surface area contributed by atoms with E-state index >= 15 is 0 Å². The molecule has 0 saturated heterocycles. The van der Waals surface area contributed by atoms with E-state index in [2.05, 4.69) is 15.4 Å². The lowest BCUT2D eigenvalue weighted by molar-refractivity contribution is 0.0996. The molecule has 3 N–H and O–H groups in total. The molecule has 0 bridgehead atoms. The monoisotopic (exact) mass is 298 g/mol. The normalized spacial score (nSPS) is 10.4. The molecule has 3 aromatic rings. The van der Waals surface area contributed by atoms with Crippen LogP contribution in [0.15, 0.2) is 48.5 Å². The van der Waals surface area contributed by atoms with Crippen molar-refractivity contribution in [3.63, 3.8) is 0 Å². The van der Waals surface area contributed by atoms with E-state index in [-0.39, 0.29) is 17.1 Å². The first kappa shape index (κ1) is 13.7. The Hall–Kier alpha value is -3.22. The van der Waals surface area contributed by atoms with Crippen LogP contribution in [-0.2, 0) is 0 Å². The number of H-pyrrole nitrogens is 1. The van der Waals surface area contributed by atoms with Crippen LogP contribution in [-0.4, -0.2) is 21.3 Å². The number of hydrogen-bond acceptors (Lipinski definition) is 4. The van der Waals surface area contributed by atoms with Gasteiger partial charge in [-0.05, 0) is 24.3 Å². The zero-order chi connectivity index (χ0) is 15.5. The second-order valence-corrected chi connectivity index (χ2v) is 4.41. The number of aromatic nitrogens is 3. The van der Waals surface area contributed by atoms with Gasteiger partial charge in [0.25, 0.3) is 5.91 Å². The summed E-state index contributed by atoms with van der Waals surface area (Å²) in [6.07, 6.45) is 0. The fourth-order valence-electron chi connectivity index (χ4n) is 1.99. The highest BCUT2D eigenvalue weighted by atomic mass is 19.1. The van der Waals surface area contributed by atoms with Crippen molar-refractivity contribution in [2.75, 3.05) is 0 Å². The molecule has 0 unspecified atom stereocenters. The second kappa shape index (κ2) is 5.65. The predicted molar refractivity (Wildman–Crippen MR) is 76.8 cm³/mol. The van der Waals surface area contributed by atoms with Gasteiger partial charge in [-0.2, -0.15) is 15.4 Å². The molecule has 0 saturated carbocycles. The van der Waals surface area contributed by atoms with Crippen molar-refractivity contribution in [1.29, 1.82) is 0 Å². The maximum Gasteiger partial charge on any atom is 0.271 e. The van der Waals surface area contributed by atoms with Gasteiger partial charge in [-0.1, -0.05) is 24.3 Å². The van der Waals surface area contributed by atoms with Crippen molar-refractivity contribution in [3.8, 4) is 22.8 Å². The summed E-state index contributed by atoms with van der Waals surface area (Å²) in [5.41, 5.74) is 5.98. The number of nitrogens with zero attached hydrogens (tertiary/aromatic N) is 2. The van der Waals surface area contributed by atoms with Crippen LogP contribution in [0.1, 0.15) is 10.5 Å². The Bertz CT molecular complexity index is 832. The molecule has 0 atom stereocenters. The molecule has 0 aliphatic rings. The van der Waals surface area contributed by atoms with E-state index in [1.807, 2.05) is 0 Å². The molecule has 22 heavy (non-hydrogen) atoms. The first-order chi connectivity index (χ1) is 10.7. The quantitative estimate of drug-likeness (QED) is 0.773. The van der Waals surface area contributed by atoms with Gasteiger partial charge < -0.3 is 10.5 Å². The number of benzene rings is 2. The Kier molecular flexibility index (Phi) is 3.53. The van der Waals surface area contributed by atoms with E-state index in [4.69, 9.17) is 10.5 Å². The first-order valence-corrected chi connectivity index (χ1v) is 6.39. The summed E-state index contributed by atoms with van der Waals surface area (Å²) < 4.78 is 19.3. The number of nitrogens with one attached hydrogen (secondary N) is 1. The molecule has 2 aromatic carbocycles. The largest absolute Gasteiger partial charge is 0.454 e. The minimum absolute atomic E-state index is 0.00964. The van der Waals surface area contributed by atoms with Crippen molar-refractivity contribution < 1.29 is 13.9 Å². The Balaban J connectivity index is 2.06. The number of hydrogen-bond donors (Lipinski definition) is 2. The van der Waals surface area contributed by atoms with E-state index in [0.29, 0.717) is 11.3 Å². The van der Waals surface area contributed by atoms with Gasteiger partial charge in [-0.3, -0.25) is 4.79 Å². The Morgan fingerprint density at radius 1 is 1.05 bits per heavy atom. The summed E-state index contributed by atoms with van der Waals surface area (Å²) in [5.74, 6) is -0.805. The summed E-state index contributed by atoms with van der Waals surface area (Å²) in [6, 6.07) is 12.8. The fourth-order valence-corrected chi connectivity index (χ4v) is 1.99. The molecule has 110 valence electrons. The van der Waals surface area contributed by atoms with Crippen LogP contribution >= 0.6 is 0 Å². The third-order valence-electron chi connectivity index (χ3n) is 2.98. The summed E-state index contributed by atoms with van der Waals surface area (Å²) >= 11 is 0. The number of carbonyl (C=O) groups excluding carboxylic acids is 1. The Labute approximate surface area is 124 Å². The van der Waals surface area contributed by atoms with Gasteiger partial charge in [-0.15, -0.1) is 0 Å². The highest BCUT2D eigenvalue weighted by molar-refractivity contribution is 5.97. The average Bonchev–Trinajstić information content (AvgIpc) is 3.00. The van der Waals surface area contributed by atoms with Gasteiger partial charge in [0.1, 0.15) is 11.4 Å². The molecular weight excluding hydrogens is 287 g/mol. The molecule has 1 aromatic heterocycles. The van der Waals surface area contributed by atoms with E-state index < -0.39 is 11.7 Å². The third kappa shape index (κ3) is 2.51. The van der Waals surface area contributed by atoms with E-state index in [9.17, 15) is 9.18 Å². The molecule has 0 spiro atoms. The molecular formula is C15H11FN4O2. The summed E-state index contributed by atoms with van der Waals surface area (Å²) in [6.45, 7) is 0. The number of amides is 1. The lowest BCUT2D eigenvalue weighted by Crippen LogP contribution is -2.12. The average molecular weight is 298 g/mol. The standard InChI is InChI=1S/C15H11FN4O2/c16-10-6-2-4-8-12(10)22-11-7-3-1-5-9(11)13-14(15(17)21)19-20-18-13/h1-8H,(H2,17,21)(H,18,19,20).